The van der Waals surface area contributed by atoms with Crippen molar-refractivity contribution in [1.29, 1.82) is 0 Å². The third kappa shape index (κ3) is 3.26. The second kappa shape index (κ2) is 6.34. The predicted octanol–water partition coefficient (Wildman–Crippen LogP) is 1.05. The lowest BCUT2D eigenvalue weighted by atomic mass is 10.2. The molecule has 0 aliphatic heterocycles. The molecule has 0 fully saturated rings. The van der Waals surface area contributed by atoms with Crippen LogP contribution in [0.2, 0.25) is 0 Å². The van der Waals surface area contributed by atoms with E-state index in [-0.39, 0.29) is 12.3 Å². The van der Waals surface area contributed by atoms with Gasteiger partial charge in [0.1, 0.15) is 0 Å². The summed E-state index contributed by atoms with van der Waals surface area (Å²) in [4.78, 5) is 0. The van der Waals surface area contributed by atoms with Crippen molar-refractivity contribution in [3.63, 3.8) is 0 Å². The zero-order valence-electron chi connectivity index (χ0n) is 8.18. The average molecular weight is 262 g/mol. The largest absolute Gasteiger partial charge is 0.707 e. The summed E-state index contributed by atoms with van der Waals surface area (Å²) >= 11 is 0. The zero-order chi connectivity index (χ0) is 11.7. The monoisotopic (exact) mass is 262 g/mol. The summed E-state index contributed by atoms with van der Waals surface area (Å²) in [6.07, 6.45) is 0. The van der Waals surface area contributed by atoms with Crippen LogP contribution in [0.1, 0.15) is 0 Å². The van der Waals surface area contributed by atoms with E-state index in [9.17, 15) is 22.0 Å². The van der Waals surface area contributed by atoms with E-state index in [1.165, 1.54) is 0 Å². The minimum atomic E-state index is -2.70. The fourth-order valence-corrected chi connectivity index (χ4v) is 0.794. The van der Waals surface area contributed by atoms with Gasteiger partial charge >= 0.3 is 7.32 Å². The molecule has 0 aromatic heterocycles. The highest BCUT2D eigenvalue weighted by Crippen LogP contribution is 2.28. The molecule has 98 valence electrons. The van der Waals surface area contributed by atoms with Crippen molar-refractivity contribution in [2.75, 3.05) is 0 Å². The molecule has 1 rings (SSSR count). The van der Waals surface area contributed by atoms with Crippen LogP contribution < -0.4 is 17.0 Å². The molecule has 1 aromatic rings. The third-order valence-corrected chi connectivity index (χ3v) is 1.39. The minimum absolute atomic E-state index is 0. The van der Waals surface area contributed by atoms with Gasteiger partial charge in [-0.1, -0.05) is 0 Å². The van der Waals surface area contributed by atoms with Crippen LogP contribution in [0.5, 0.6) is 5.75 Å². The SMILES string of the molecule is N.N.OB(O)Oc1c(F)c(F)c(F)c(F)c1F. The first kappa shape index (κ1) is 18.0. The van der Waals surface area contributed by atoms with E-state index in [1.807, 2.05) is 0 Å². The molecule has 0 amide bonds. The van der Waals surface area contributed by atoms with Crippen molar-refractivity contribution in [2.24, 2.45) is 0 Å². The van der Waals surface area contributed by atoms with Gasteiger partial charge in [-0.25, -0.2) is 13.2 Å². The second-order valence-corrected chi connectivity index (χ2v) is 2.34. The maximum absolute atomic E-state index is 12.7. The van der Waals surface area contributed by atoms with E-state index < -0.39 is 42.2 Å². The Labute approximate surface area is 92.2 Å². The molecule has 8 N–H and O–H groups in total. The fourth-order valence-electron chi connectivity index (χ4n) is 0.794. The van der Waals surface area contributed by atoms with Gasteiger partial charge in [0.2, 0.25) is 29.1 Å². The summed E-state index contributed by atoms with van der Waals surface area (Å²) in [5, 5.41) is 16.3. The van der Waals surface area contributed by atoms with E-state index in [4.69, 9.17) is 10.0 Å². The van der Waals surface area contributed by atoms with Gasteiger partial charge < -0.3 is 27.0 Å². The lowest BCUT2D eigenvalue weighted by molar-refractivity contribution is 0.263. The molecule has 1 aromatic carbocycles. The highest BCUT2D eigenvalue weighted by molar-refractivity contribution is 6.33. The maximum atomic E-state index is 12.7. The molecule has 0 radical (unpaired) electrons. The van der Waals surface area contributed by atoms with Crippen molar-refractivity contribution in [2.45, 2.75) is 0 Å². The van der Waals surface area contributed by atoms with Gasteiger partial charge in [0.15, 0.2) is 5.75 Å². The molecule has 0 unspecified atom stereocenters. The van der Waals surface area contributed by atoms with Crippen molar-refractivity contribution in [1.82, 2.24) is 12.3 Å². The van der Waals surface area contributed by atoms with E-state index in [0.717, 1.165) is 0 Å². The number of rotatable bonds is 2. The molecule has 0 saturated carbocycles. The highest BCUT2D eigenvalue weighted by Gasteiger charge is 2.29. The Morgan fingerprint density at radius 1 is 0.706 bits per heavy atom. The number of hydrogen-bond acceptors (Lipinski definition) is 5. The summed E-state index contributed by atoms with van der Waals surface area (Å²) in [6, 6.07) is 0. The molecule has 17 heavy (non-hydrogen) atoms. The summed E-state index contributed by atoms with van der Waals surface area (Å²) in [6.45, 7) is 0. The van der Waals surface area contributed by atoms with Crippen molar-refractivity contribution >= 4 is 7.32 Å². The number of benzene rings is 1. The molecule has 5 nitrogen and oxygen atoms in total. The van der Waals surface area contributed by atoms with Gasteiger partial charge in [-0.15, -0.1) is 0 Å². The van der Waals surface area contributed by atoms with Gasteiger partial charge in [-0.05, 0) is 0 Å². The van der Waals surface area contributed by atoms with E-state index in [2.05, 4.69) is 4.65 Å². The van der Waals surface area contributed by atoms with Crippen LogP contribution in [0.25, 0.3) is 0 Å². The molecule has 11 heteroatoms. The summed E-state index contributed by atoms with van der Waals surface area (Å²) < 4.78 is 66.3. The topological polar surface area (TPSA) is 120 Å². The van der Waals surface area contributed by atoms with E-state index in [1.54, 1.807) is 0 Å². The first-order valence-electron chi connectivity index (χ1n) is 3.40. The van der Waals surface area contributed by atoms with Gasteiger partial charge in [-0.3, -0.25) is 0 Å². The van der Waals surface area contributed by atoms with E-state index in [0.29, 0.717) is 0 Å². The fraction of sp³-hybridized carbons (Fsp3) is 0. The minimum Gasteiger partial charge on any atom is -0.507 e. The normalized spacial score (nSPS) is 9.12. The van der Waals surface area contributed by atoms with Crippen LogP contribution in [0.3, 0.4) is 0 Å². The zero-order valence-corrected chi connectivity index (χ0v) is 8.18. The van der Waals surface area contributed by atoms with Gasteiger partial charge in [0.25, 0.3) is 0 Å². The van der Waals surface area contributed by atoms with Crippen LogP contribution >= 0.6 is 0 Å². The Balaban J connectivity index is 0. The molecule has 0 aliphatic rings. The van der Waals surface area contributed by atoms with Gasteiger partial charge in [0, 0.05) is 0 Å². The highest BCUT2D eigenvalue weighted by atomic mass is 19.2. The maximum Gasteiger partial charge on any atom is 0.707 e. The van der Waals surface area contributed by atoms with Crippen LogP contribution in [0.15, 0.2) is 0 Å². The quantitative estimate of drug-likeness (QED) is 0.275. The number of halogens is 5. The summed E-state index contributed by atoms with van der Waals surface area (Å²) in [5.74, 6) is -13.1. The molecule has 0 aliphatic carbocycles. The summed E-state index contributed by atoms with van der Waals surface area (Å²) in [7, 11) is -2.70. The van der Waals surface area contributed by atoms with Crippen LogP contribution in [0, 0.1) is 29.1 Å². The van der Waals surface area contributed by atoms with Crippen molar-refractivity contribution in [3.05, 3.63) is 29.1 Å². The van der Waals surface area contributed by atoms with Crippen LogP contribution in [0.4, 0.5) is 22.0 Å². The van der Waals surface area contributed by atoms with Gasteiger partial charge in [0.05, 0.1) is 0 Å². The smallest absolute Gasteiger partial charge is 0.507 e. The molecule has 0 spiro atoms. The number of hydrogen-bond donors (Lipinski definition) is 4. The Kier molecular flexibility index (Phi) is 6.70. The Hall–Kier alpha value is -1.43. The van der Waals surface area contributed by atoms with Crippen molar-refractivity contribution < 1.29 is 36.7 Å². The third-order valence-electron chi connectivity index (χ3n) is 1.39. The van der Waals surface area contributed by atoms with Gasteiger partial charge in [-0.2, -0.15) is 8.78 Å². The van der Waals surface area contributed by atoms with Crippen LogP contribution in [-0.4, -0.2) is 17.4 Å². The first-order valence-corrected chi connectivity index (χ1v) is 3.40. The summed E-state index contributed by atoms with van der Waals surface area (Å²) in [5.41, 5.74) is 0. The molecule has 0 atom stereocenters. The molecular weight excluding hydrogens is 254 g/mol. The van der Waals surface area contributed by atoms with Crippen molar-refractivity contribution in [3.8, 4) is 5.75 Å². The Morgan fingerprint density at radius 2 is 1.00 bits per heavy atom. The molecule has 0 bridgehead atoms. The molecule has 0 saturated heterocycles. The van der Waals surface area contributed by atoms with Crippen LogP contribution in [-0.2, 0) is 0 Å². The standard InChI is InChI=1S/C6H2BF5O3.2H3N/c8-1-2(9)4(11)6(15-7(13)14)5(12)3(1)10;;/h13-14H;2*1H3. The lowest BCUT2D eigenvalue weighted by Gasteiger charge is -2.08. The lowest BCUT2D eigenvalue weighted by Crippen LogP contribution is -2.23. The predicted molar refractivity (Wildman–Crippen MR) is 47.1 cm³/mol. The Bertz CT molecular complexity index is 377. The molecule has 0 heterocycles. The first-order chi connectivity index (χ1) is 6.86. The Morgan fingerprint density at radius 3 is 1.29 bits per heavy atom. The van der Waals surface area contributed by atoms with E-state index >= 15 is 0 Å². The molecular formula is C6H8BF5N2O3. The second-order valence-electron chi connectivity index (χ2n) is 2.34. The average Bonchev–Trinajstić information content (AvgIpc) is 2.18.